The Labute approximate surface area is 147 Å². The van der Waals surface area contributed by atoms with Gasteiger partial charge in [-0.2, -0.15) is 0 Å². The maximum atomic E-state index is 12.1. The van der Waals surface area contributed by atoms with E-state index in [0.717, 1.165) is 32.5 Å². The van der Waals surface area contributed by atoms with Gasteiger partial charge in [-0.1, -0.05) is 24.6 Å². The maximum absolute atomic E-state index is 12.1. The van der Waals surface area contributed by atoms with Crippen molar-refractivity contribution in [2.45, 2.75) is 25.8 Å². The fourth-order valence-corrected chi connectivity index (χ4v) is 3.28. The predicted octanol–water partition coefficient (Wildman–Crippen LogP) is 2.15. The highest BCUT2D eigenvalue weighted by Gasteiger charge is 2.25. The number of piperidine rings is 1. The van der Waals surface area contributed by atoms with Crippen molar-refractivity contribution in [3.05, 3.63) is 29.3 Å². The third-order valence-corrected chi connectivity index (χ3v) is 4.53. The predicted molar refractivity (Wildman–Crippen MR) is 94.4 cm³/mol. The van der Waals surface area contributed by atoms with Gasteiger partial charge in [0, 0.05) is 29.8 Å². The molecule has 2 N–H and O–H groups in total. The normalized spacial score (nSPS) is 16.3. The molecule has 1 amide bonds. The Hall–Kier alpha value is -1.63. The molecule has 0 saturated carbocycles. The number of nitrogens with zero attached hydrogens (tertiary/aromatic N) is 2. The molecule has 1 saturated heterocycles. The van der Waals surface area contributed by atoms with E-state index in [2.05, 4.69) is 10.2 Å². The molecule has 132 valence electrons. The number of carbonyl (C=O) groups excluding carboxylic acids is 1. The molecule has 0 spiro atoms. The smallest absolute Gasteiger partial charge is 0.317 e. The summed E-state index contributed by atoms with van der Waals surface area (Å²) < 4.78 is 0. The molecule has 7 heteroatoms. The quantitative estimate of drug-likeness (QED) is 0.785. The lowest BCUT2D eigenvalue weighted by atomic mass is 10.0. The van der Waals surface area contributed by atoms with Gasteiger partial charge in [0.1, 0.15) is 0 Å². The van der Waals surface area contributed by atoms with E-state index >= 15 is 0 Å². The summed E-state index contributed by atoms with van der Waals surface area (Å²) in [5.74, 6) is -0.853. The van der Waals surface area contributed by atoms with Crippen LogP contribution in [-0.2, 0) is 9.59 Å². The van der Waals surface area contributed by atoms with Gasteiger partial charge >= 0.3 is 5.97 Å². The zero-order chi connectivity index (χ0) is 17.5. The van der Waals surface area contributed by atoms with Gasteiger partial charge in [-0.3, -0.25) is 19.4 Å². The van der Waals surface area contributed by atoms with Gasteiger partial charge in [0.15, 0.2) is 0 Å². The van der Waals surface area contributed by atoms with Crippen LogP contribution in [0.4, 0.5) is 5.69 Å². The molecule has 6 nitrogen and oxygen atoms in total. The lowest BCUT2D eigenvalue weighted by Gasteiger charge is -2.37. The number of carbonyl (C=O) groups is 2. The van der Waals surface area contributed by atoms with Gasteiger partial charge in [-0.05, 0) is 37.6 Å². The molecular weight excluding hydrogens is 330 g/mol. The Kier molecular flexibility index (Phi) is 7.02. The number of nitrogens with one attached hydrogen (secondary N) is 1. The average molecular weight is 354 g/mol. The van der Waals surface area contributed by atoms with Crippen molar-refractivity contribution < 1.29 is 14.7 Å². The standard InChI is InChI=1S/C17H24ClN3O3/c1-2-21(12-17(23)24)15-6-8-20(9-7-15)11-16(22)19-14-5-3-4-13(18)10-14/h3-5,10,15H,2,6-9,11-12H2,1H3,(H,19,22)(H,23,24). The number of hydrogen-bond donors (Lipinski definition) is 2. The van der Waals surface area contributed by atoms with Crippen LogP contribution in [0, 0.1) is 0 Å². The van der Waals surface area contributed by atoms with Crippen LogP contribution in [0.25, 0.3) is 0 Å². The van der Waals surface area contributed by atoms with E-state index in [1.807, 2.05) is 11.8 Å². The van der Waals surface area contributed by atoms with Crippen LogP contribution in [-0.4, -0.2) is 65.5 Å². The summed E-state index contributed by atoms with van der Waals surface area (Å²) in [4.78, 5) is 27.1. The minimum absolute atomic E-state index is 0.0615. The number of benzene rings is 1. The second-order valence-electron chi connectivity index (χ2n) is 6.02. The van der Waals surface area contributed by atoms with Gasteiger partial charge in [0.25, 0.3) is 0 Å². The molecule has 0 atom stereocenters. The molecule has 0 aliphatic carbocycles. The number of anilines is 1. The highest BCUT2D eigenvalue weighted by Crippen LogP contribution is 2.17. The van der Waals surface area contributed by atoms with Crippen LogP contribution in [0.2, 0.25) is 5.02 Å². The Balaban J connectivity index is 1.78. The molecule has 24 heavy (non-hydrogen) atoms. The lowest BCUT2D eigenvalue weighted by Crippen LogP contribution is -2.48. The van der Waals surface area contributed by atoms with E-state index in [0.29, 0.717) is 17.3 Å². The number of likely N-dealkylation sites (tertiary alicyclic amines) is 1. The number of halogens is 1. The first-order valence-corrected chi connectivity index (χ1v) is 8.59. The molecule has 1 aliphatic rings. The van der Waals surface area contributed by atoms with Crippen molar-refractivity contribution in [2.24, 2.45) is 0 Å². The number of rotatable bonds is 7. The van der Waals surface area contributed by atoms with Gasteiger partial charge in [-0.25, -0.2) is 0 Å². The van der Waals surface area contributed by atoms with Crippen molar-refractivity contribution >= 4 is 29.2 Å². The fraction of sp³-hybridized carbons (Fsp3) is 0.529. The number of aliphatic carboxylic acids is 1. The van der Waals surface area contributed by atoms with E-state index in [1.54, 1.807) is 24.3 Å². The van der Waals surface area contributed by atoms with E-state index in [4.69, 9.17) is 16.7 Å². The second kappa shape index (κ2) is 9.01. The summed E-state index contributed by atoms with van der Waals surface area (Å²) >= 11 is 5.91. The molecule has 0 unspecified atom stereocenters. The number of amides is 1. The zero-order valence-corrected chi connectivity index (χ0v) is 14.6. The molecule has 1 aromatic carbocycles. The van der Waals surface area contributed by atoms with Crippen LogP contribution in [0.15, 0.2) is 24.3 Å². The molecular formula is C17H24ClN3O3. The highest BCUT2D eigenvalue weighted by molar-refractivity contribution is 6.30. The Morgan fingerprint density at radius 1 is 1.38 bits per heavy atom. The van der Waals surface area contributed by atoms with Crippen LogP contribution in [0.3, 0.4) is 0 Å². The van der Waals surface area contributed by atoms with Crippen LogP contribution >= 0.6 is 11.6 Å². The van der Waals surface area contributed by atoms with Crippen LogP contribution in [0.1, 0.15) is 19.8 Å². The van der Waals surface area contributed by atoms with Gasteiger partial charge in [0.2, 0.25) is 5.91 Å². The van der Waals surface area contributed by atoms with Gasteiger partial charge < -0.3 is 10.4 Å². The van der Waals surface area contributed by atoms with Crippen LogP contribution < -0.4 is 5.32 Å². The number of carboxylic acids is 1. The summed E-state index contributed by atoms with van der Waals surface area (Å²) in [6.45, 7) is 4.72. The topological polar surface area (TPSA) is 72.9 Å². The molecule has 1 aromatic rings. The average Bonchev–Trinajstić information content (AvgIpc) is 2.53. The Bertz CT molecular complexity index is 574. The molecule has 0 aromatic heterocycles. The third-order valence-electron chi connectivity index (χ3n) is 4.29. The Morgan fingerprint density at radius 2 is 2.08 bits per heavy atom. The first-order chi connectivity index (χ1) is 11.5. The lowest BCUT2D eigenvalue weighted by molar-refractivity contribution is -0.139. The molecule has 1 heterocycles. The number of likely N-dealkylation sites (N-methyl/N-ethyl adjacent to an activating group) is 1. The SMILES string of the molecule is CCN(CC(=O)O)C1CCN(CC(=O)Nc2cccc(Cl)c2)CC1. The number of hydrogen-bond acceptors (Lipinski definition) is 4. The molecule has 1 fully saturated rings. The summed E-state index contributed by atoms with van der Waals surface area (Å²) in [7, 11) is 0. The van der Waals surface area contributed by atoms with E-state index < -0.39 is 5.97 Å². The highest BCUT2D eigenvalue weighted by atomic mass is 35.5. The minimum atomic E-state index is -0.792. The van der Waals surface area contributed by atoms with Gasteiger partial charge in [0.05, 0.1) is 13.1 Å². The molecule has 0 bridgehead atoms. The van der Waals surface area contributed by atoms with E-state index in [9.17, 15) is 9.59 Å². The van der Waals surface area contributed by atoms with Crippen molar-refractivity contribution in [1.82, 2.24) is 9.80 Å². The first-order valence-electron chi connectivity index (χ1n) is 8.21. The molecule has 2 rings (SSSR count). The van der Waals surface area contributed by atoms with E-state index in [-0.39, 0.29) is 18.5 Å². The van der Waals surface area contributed by atoms with Crippen molar-refractivity contribution in [3.63, 3.8) is 0 Å². The van der Waals surface area contributed by atoms with Crippen molar-refractivity contribution in [2.75, 3.05) is 38.0 Å². The monoisotopic (exact) mass is 353 g/mol. The summed E-state index contributed by atoms with van der Waals surface area (Å²) in [6.07, 6.45) is 1.76. The third kappa shape index (κ3) is 5.78. The second-order valence-corrected chi connectivity index (χ2v) is 6.46. The van der Waals surface area contributed by atoms with E-state index in [1.165, 1.54) is 0 Å². The summed E-state index contributed by atoms with van der Waals surface area (Å²) in [6, 6.07) is 7.36. The zero-order valence-electron chi connectivity index (χ0n) is 13.9. The Morgan fingerprint density at radius 3 is 2.67 bits per heavy atom. The van der Waals surface area contributed by atoms with Gasteiger partial charge in [-0.15, -0.1) is 0 Å². The fourth-order valence-electron chi connectivity index (χ4n) is 3.09. The summed E-state index contributed by atoms with van der Waals surface area (Å²) in [5.41, 5.74) is 0.695. The molecule has 1 aliphatic heterocycles. The molecule has 0 radical (unpaired) electrons. The minimum Gasteiger partial charge on any atom is -0.480 e. The van der Waals surface area contributed by atoms with Crippen LogP contribution in [0.5, 0.6) is 0 Å². The summed E-state index contributed by atoms with van der Waals surface area (Å²) in [5, 5.41) is 12.4. The maximum Gasteiger partial charge on any atom is 0.317 e. The largest absolute Gasteiger partial charge is 0.480 e. The number of carboxylic acid groups (broad SMARTS) is 1. The first kappa shape index (κ1) is 18.7. The van der Waals surface area contributed by atoms with Crippen molar-refractivity contribution in [3.8, 4) is 0 Å². The van der Waals surface area contributed by atoms with Crippen molar-refractivity contribution in [1.29, 1.82) is 0 Å².